The van der Waals surface area contributed by atoms with E-state index < -0.39 is 10.0 Å². The zero-order chi connectivity index (χ0) is 25.6. The molecule has 36 heavy (non-hydrogen) atoms. The molecule has 5 rings (SSSR count). The summed E-state index contributed by atoms with van der Waals surface area (Å²) in [4.78, 5) is 22.5. The van der Waals surface area contributed by atoms with Crippen molar-refractivity contribution in [2.24, 2.45) is 11.7 Å². The summed E-state index contributed by atoms with van der Waals surface area (Å²) < 4.78 is 27.9. The lowest BCUT2D eigenvalue weighted by molar-refractivity contribution is 0.0607. The average Bonchev–Trinajstić information content (AvgIpc) is 3.41. The number of hydrogen-bond acceptors (Lipinski definition) is 7. The number of anilines is 2. The Morgan fingerprint density at radius 2 is 2.00 bits per heavy atom. The predicted octanol–water partition coefficient (Wildman–Crippen LogP) is 2.91. The fraction of sp³-hybridized carbons (Fsp3) is 0.458. The van der Waals surface area contributed by atoms with Gasteiger partial charge in [0.25, 0.3) is 5.91 Å². The number of aromatic nitrogens is 3. The van der Waals surface area contributed by atoms with E-state index in [0.717, 1.165) is 50.1 Å². The van der Waals surface area contributed by atoms with Crippen LogP contribution in [0, 0.1) is 5.92 Å². The van der Waals surface area contributed by atoms with E-state index in [1.165, 1.54) is 12.1 Å². The molecule has 1 amide bonds. The van der Waals surface area contributed by atoms with Crippen molar-refractivity contribution in [1.29, 1.82) is 0 Å². The Kier molecular flexibility index (Phi) is 6.56. The summed E-state index contributed by atoms with van der Waals surface area (Å²) in [5.41, 5.74) is 8.06. The van der Waals surface area contributed by atoms with Gasteiger partial charge in [-0.2, -0.15) is 5.10 Å². The number of carbonyl (C=O) groups is 1. The first-order valence-electron chi connectivity index (χ1n) is 12.0. The minimum absolute atomic E-state index is 0.124. The number of hydrogen-bond donors (Lipinski definition) is 2. The number of piperidine rings is 1. The molecule has 2 aliphatic rings. The molecule has 10 nitrogen and oxygen atoms in total. The molecule has 12 heteroatoms. The number of likely N-dealkylation sites (tertiary alicyclic amines) is 1. The van der Waals surface area contributed by atoms with Gasteiger partial charge in [0.2, 0.25) is 10.0 Å². The van der Waals surface area contributed by atoms with Crippen LogP contribution in [0.2, 0.25) is 5.02 Å². The minimum Gasteiger partial charge on any atom is -0.355 e. The van der Waals surface area contributed by atoms with Gasteiger partial charge in [-0.15, -0.1) is 0 Å². The van der Waals surface area contributed by atoms with E-state index in [2.05, 4.69) is 16.5 Å². The fourth-order valence-corrected chi connectivity index (χ4v) is 5.77. The van der Waals surface area contributed by atoms with Crippen LogP contribution in [0.1, 0.15) is 48.3 Å². The number of nitrogens with two attached hydrogens (primary N) is 1. The number of nitrogens with zero attached hydrogens (tertiary/aromatic N) is 5. The maximum atomic E-state index is 13.7. The van der Waals surface area contributed by atoms with Crippen LogP contribution < -0.4 is 15.4 Å². The molecule has 3 atom stereocenters. The SMILES string of the molecule is CC1CN(c2ccn3nc([C@@H]4CCCCN4C(=O)c4cc(Cl)ccc4NS(C)(=O)=O)cc3n2)CC1N. The Morgan fingerprint density at radius 1 is 1.19 bits per heavy atom. The quantitative estimate of drug-likeness (QED) is 0.518. The third kappa shape index (κ3) is 5.00. The van der Waals surface area contributed by atoms with Crippen LogP contribution in [-0.4, -0.2) is 65.8 Å². The van der Waals surface area contributed by atoms with Gasteiger partial charge >= 0.3 is 0 Å². The van der Waals surface area contributed by atoms with Crippen LogP contribution in [0.4, 0.5) is 11.5 Å². The lowest BCUT2D eigenvalue weighted by atomic mass is 9.98. The number of halogens is 1. The van der Waals surface area contributed by atoms with Crippen LogP contribution >= 0.6 is 11.6 Å². The number of carbonyl (C=O) groups excluding carboxylic acids is 1. The lowest BCUT2D eigenvalue weighted by Gasteiger charge is -2.35. The van der Waals surface area contributed by atoms with Gasteiger partial charge in [0.1, 0.15) is 5.82 Å². The molecule has 1 aromatic carbocycles. The van der Waals surface area contributed by atoms with Gasteiger partial charge in [-0.25, -0.2) is 17.9 Å². The molecule has 2 aromatic heterocycles. The molecule has 192 valence electrons. The standard InChI is InChI=1S/C24H30ClN7O3S/c1-15-13-30(14-18(15)26)22-8-10-32-23(27-22)12-20(28-32)21-5-3-4-9-31(21)24(33)17-11-16(25)6-7-19(17)29-36(2,34)35/h6-8,10-12,15,18,21,29H,3-5,9,13-14,26H2,1-2H3/t15?,18?,21-/m0/s1. The third-order valence-corrected chi connectivity index (χ3v) is 7.76. The number of rotatable bonds is 5. The Bertz CT molecular complexity index is 1400. The van der Waals surface area contributed by atoms with Gasteiger partial charge < -0.3 is 15.5 Å². The number of benzene rings is 1. The van der Waals surface area contributed by atoms with E-state index in [0.29, 0.717) is 23.1 Å². The van der Waals surface area contributed by atoms with Gasteiger partial charge in [-0.05, 0) is 49.4 Å². The number of amides is 1. The highest BCUT2D eigenvalue weighted by Gasteiger charge is 2.33. The first-order chi connectivity index (χ1) is 17.1. The van der Waals surface area contributed by atoms with Crippen molar-refractivity contribution in [2.45, 2.75) is 38.3 Å². The average molecular weight is 532 g/mol. The van der Waals surface area contributed by atoms with Crippen molar-refractivity contribution in [3.63, 3.8) is 0 Å². The summed E-state index contributed by atoms with van der Waals surface area (Å²) >= 11 is 6.18. The molecule has 0 spiro atoms. The summed E-state index contributed by atoms with van der Waals surface area (Å²) in [5, 5.41) is 5.09. The van der Waals surface area contributed by atoms with E-state index in [1.54, 1.807) is 15.5 Å². The van der Waals surface area contributed by atoms with E-state index in [-0.39, 0.29) is 29.2 Å². The Labute approximate surface area is 215 Å². The van der Waals surface area contributed by atoms with Crippen molar-refractivity contribution in [3.8, 4) is 0 Å². The normalized spacial score (nSPS) is 22.8. The molecule has 3 aromatic rings. The monoisotopic (exact) mass is 531 g/mol. The van der Waals surface area contributed by atoms with E-state index >= 15 is 0 Å². The predicted molar refractivity (Wildman–Crippen MR) is 140 cm³/mol. The molecule has 2 fully saturated rings. The molecule has 3 N–H and O–H groups in total. The van der Waals surface area contributed by atoms with Crippen molar-refractivity contribution in [3.05, 3.63) is 52.8 Å². The van der Waals surface area contributed by atoms with E-state index in [4.69, 9.17) is 27.4 Å². The van der Waals surface area contributed by atoms with Crippen molar-refractivity contribution < 1.29 is 13.2 Å². The summed E-state index contributed by atoms with van der Waals surface area (Å²) in [6.45, 7) is 4.30. The molecule has 4 heterocycles. The summed E-state index contributed by atoms with van der Waals surface area (Å²) in [5.74, 6) is 0.971. The Balaban J connectivity index is 1.46. The molecule has 2 aliphatic heterocycles. The Hall–Kier alpha value is -2.89. The van der Waals surface area contributed by atoms with Crippen LogP contribution in [0.15, 0.2) is 36.5 Å². The highest BCUT2D eigenvalue weighted by Crippen LogP contribution is 2.34. The molecular formula is C24H30ClN7O3S. The molecule has 2 unspecified atom stereocenters. The highest BCUT2D eigenvalue weighted by atomic mass is 35.5. The zero-order valence-corrected chi connectivity index (χ0v) is 21.8. The molecule has 0 saturated carbocycles. The summed E-state index contributed by atoms with van der Waals surface area (Å²) in [6.07, 6.45) is 5.48. The van der Waals surface area contributed by atoms with Gasteiger partial charge in [-0.3, -0.25) is 9.52 Å². The van der Waals surface area contributed by atoms with Crippen molar-refractivity contribution in [2.75, 3.05) is 35.5 Å². The Morgan fingerprint density at radius 3 is 2.72 bits per heavy atom. The van der Waals surface area contributed by atoms with Crippen molar-refractivity contribution >= 4 is 44.7 Å². The highest BCUT2D eigenvalue weighted by molar-refractivity contribution is 7.92. The zero-order valence-electron chi connectivity index (χ0n) is 20.3. The second-order valence-electron chi connectivity index (χ2n) is 9.78. The smallest absolute Gasteiger partial charge is 0.256 e. The third-order valence-electron chi connectivity index (χ3n) is 6.94. The lowest BCUT2D eigenvalue weighted by Crippen LogP contribution is -2.39. The first kappa shape index (κ1) is 24.8. The number of sulfonamides is 1. The molecule has 0 radical (unpaired) electrons. The van der Waals surface area contributed by atoms with Crippen molar-refractivity contribution in [1.82, 2.24) is 19.5 Å². The van der Waals surface area contributed by atoms with Gasteiger partial charge in [0.15, 0.2) is 5.65 Å². The van der Waals surface area contributed by atoms with E-state index in [1.807, 2.05) is 18.3 Å². The molecule has 2 saturated heterocycles. The second-order valence-corrected chi connectivity index (χ2v) is 12.0. The van der Waals surface area contributed by atoms with Gasteiger partial charge in [0, 0.05) is 43.0 Å². The second kappa shape index (κ2) is 9.53. The van der Waals surface area contributed by atoms with Gasteiger partial charge in [-0.1, -0.05) is 18.5 Å². The summed E-state index contributed by atoms with van der Waals surface area (Å²) in [7, 11) is -3.58. The van der Waals surface area contributed by atoms with E-state index in [9.17, 15) is 13.2 Å². The molecule has 0 aliphatic carbocycles. The number of fused-ring (bicyclic) bond motifs is 1. The van der Waals surface area contributed by atoms with Crippen LogP contribution in [0.25, 0.3) is 5.65 Å². The first-order valence-corrected chi connectivity index (χ1v) is 14.3. The summed E-state index contributed by atoms with van der Waals surface area (Å²) in [6, 6.07) is 8.29. The minimum atomic E-state index is -3.58. The molecule has 0 bridgehead atoms. The molecular weight excluding hydrogens is 502 g/mol. The fourth-order valence-electron chi connectivity index (χ4n) is 5.03. The van der Waals surface area contributed by atoms with Crippen LogP contribution in [-0.2, 0) is 10.0 Å². The maximum absolute atomic E-state index is 13.7. The van der Waals surface area contributed by atoms with Gasteiger partial charge in [0.05, 0.1) is 29.2 Å². The topological polar surface area (TPSA) is 126 Å². The van der Waals surface area contributed by atoms with Crippen LogP contribution in [0.5, 0.6) is 0 Å². The largest absolute Gasteiger partial charge is 0.355 e. The maximum Gasteiger partial charge on any atom is 0.256 e. The number of nitrogens with one attached hydrogen (secondary N) is 1. The van der Waals surface area contributed by atoms with Crippen LogP contribution in [0.3, 0.4) is 0 Å².